The lowest BCUT2D eigenvalue weighted by molar-refractivity contribution is -0.137. The van der Waals surface area contributed by atoms with Gasteiger partial charge in [-0.25, -0.2) is 4.98 Å². The molecular weight excluding hydrogens is 503 g/mol. The number of rotatable bonds is 9. The number of amides is 1. The topological polar surface area (TPSA) is 58.4 Å². The Labute approximate surface area is 217 Å². The van der Waals surface area contributed by atoms with Crippen LogP contribution in [0.4, 0.5) is 13.2 Å². The SMILES string of the molecule is CC(NC(=O)c1coc(CN(Cc2cccc(C(F)(F)F)c2)Cc2ccccc2Cl)n1)c1ccccc1. The molecule has 0 saturated heterocycles. The van der Waals surface area contributed by atoms with Gasteiger partial charge in [-0.1, -0.05) is 78.3 Å². The third-order valence-corrected chi connectivity index (χ3v) is 6.17. The first-order chi connectivity index (χ1) is 17.7. The highest BCUT2D eigenvalue weighted by Crippen LogP contribution is 2.30. The molecule has 0 saturated carbocycles. The van der Waals surface area contributed by atoms with E-state index in [1.807, 2.05) is 54.3 Å². The predicted molar refractivity (Wildman–Crippen MR) is 135 cm³/mol. The fourth-order valence-electron chi connectivity index (χ4n) is 3.91. The first-order valence-electron chi connectivity index (χ1n) is 11.6. The van der Waals surface area contributed by atoms with Gasteiger partial charge in [0.25, 0.3) is 5.91 Å². The van der Waals surface area contributed by atoms with Gasteiger partial charge in [0.1, 0.15) is 6.26 Å². The van der Waals surface area contributed by atoms with E-state index in [0.29, 0.717) is 17.1 Å². The maximum absolute atomic E-state index is 13.2. The number of oxazole rings is 1. The lowest BCUT2D eigenvalue weighted by atomic mass is 10.1. The van der Waals surface area contributed by atoms with E-state index in [2.05, 4.69) is 10.3 Å². The molecule has 1 atom stereocenters. The molecule has 0 aliphatic carbocycles. The quantitative estimate of drug-likeness (QED) is 0.253. The number of carbonyl (C=O) groups is 1. The minimum Gasteiger partial charge on any atom is -0.447 e. The van der Waals surface area contributed by atoms with E-state index in [4.69, 9.17) is 16.0 Å². The van der Waals surface area contributed by atoms with E-state index < -0.39 is 11.7 Å². The van der Waals surface area contributed by atoms with Gasteiger partial charge in [-0.3, -0.25) is 9.69 Å². The second-order valence-corrected chi connectivity index (χ2v) is 9.07. The monoisotopic (exact) mass is 527 g/mol. The van der Waals surface area contributed by atoms with Gasteiger partial charge in [-0.05, 0) is 35.7 Å². The van der Waals surface area contributed by atoms with E-state index in [1.54, 1.807) is 18.2 Å². The third kappa shape index (κ3) is 7.21. The molecule has 0 fully saturated rings. The number of nitrogens with one attached hydrogen (secondary N) is 1. The standard InChI is InChI=1S/C28H25ClF3N3O2/c1-19(21-9-3-2-4-10-21)33-27(36)25-18-37-26(34-25)17-35(16-22-11-5-6-13-24(22)29)15-20-8-7-12-23(14-20)28(30,31)32/h2-14,18-19H,15-17H2,1H3,(H,33,36). The molecule has 5 nitrogen and oxygen atoms in total. The zero-order valence-electron chi connectivity index (χ0n) is 20.0. The van der Waals surface area contributed by atoms with Gasteiger partial charge in [0.15, 0.2) is 5.69 Å². The Morgan fingerprint density at radius 1 is 1.00 bits per heavy atom. The first kappa shape index (κ1) is 26.4. The summed E-state index contributed by atoms with van der Waals surface area (Å²) in [5, 5.41) is 3.43. The summed E-state index contributed by atoms with van der Waals surface area (Å²) in [5.74, 6) is -0.126. The maximum Gasteiger partial charge on any atom is 0.416 e. The number of aromatic nitrogens is 1. The molecule has 0 aliphatic heterocycles. The fourth-order valence-corrected chi connectivity index (χ4v) is 4.11. The number of benzene rings is 3. The van der Waals surface area contributed by atoms with Crippen molar-refractivity contribution in [3.05, 3.63) is 124 Å². The highest BCUT2D eigenvalue weighted by molar-refractivity contribution is 6.31. The van der Waals surface area contributed by atoms with E-state index in [1.165, 1.54) is 12.3 Å². The van der Waals surface area contributed by atoms with Gasteiger partial charge in [0.05, 0.1) is 18.2 Å². The second-order valence-electron chi connectivity index (χ2n) is 8.67. The van der Waals surface area contributed by atoms with Crippen LogP contribution in [0.25, 0.3) is 0 Å². The Hall–Kier alpha value is -3.62. The Kier molecular flexibility index (Phi) is 8.31. The Morgan fingerprint density at radius 3 is 2.46 bits per heavy atom. The molecule has 192 valence electrons. The molecule has 37 heavy (non-hydrogen) atoms. The summed E-state index contributed by atoms with van der Waals surface area (Å²) in [7, 11) is 0. The molecule has 3 aromatic carbocycles. The Balaban J connectivity index is 1.50. The van der Waals surface area contributed by atoms with Crippen molar-refractivity contribution in [2.45, 2.75) is 38.8 Å². The average Bonchev–Trinajstić information content (AvgIpc) is 3.34. The molecule has 1 heterocycles. The predicted octanol–water partition coefficient (Wildman–Crippen LogP) is 7.04. The molecule has 4 aromatic rings. The zero-order valence-corrected chi connectivity index (χ0v) is 20.8. The summed E-state index contributed by atoms with van der Waals surface area (Å²) in [6, 6.07) is 21.7. The van der Waals surface area contributed by atoms with Crippen LogP contribution in [0.15, 0.2) is 89.5 Å². The first-order valence-corrected chi connectivity index (χ1v) is 12.0. The number of nitrogens with zero attached hydrogens (tertiary/aromatic N) is 2. The molecule has 1 amide bonds. The molecular formula is C28H25ClF3N3O2. The summed E-state index contributed by atoms with van der Waals surface area (Å²) >= 11 is 6.34. The molecule has 0 spiro atoms. The molecule has 0 bridgehead atoms. The summed E-state index contributed by atoms with van der Waals surface area (Å²) in [6.45, 7) is 2.55. The molecule has 1 aromatic heterocycles. The van der Waals surface area contributed by atoms with Crippen LogP contribution in [0.3, 0.4) is 0 Å². The number of hydrogen-bond acceptors (Lipinski definition) is 4. The van der Waals surface area contributed by atoms with E-state index in [-0.39, 0.29) is 36.6 Å². The van der Waals surface area contributed by atoms with Crippen LogP contribution in [-0.4, -0.2) is 15.8 Å². The van der Waals surface area contributed by atoms with Crippen molar-refractivity contribution in [2.24, 2.45) is 0 Å². The maximum atomic E-state index is 13.2. The van der Waals surface area contributed by atoms with Gasteiger partial charge >= 0.3 is 6.18 Å². The average molecular weight is 528 g/mol. The van der Waals surface area contributed by atoms with Gasteiger partial charge in [0.2, 0.25) is 5.89 Å². The van der Waals surface area contributed by atoms with Crippen molar-refractivity contribution in [1.29, 1.82) is 0 Å². The highest BCUT2D eigenvalue weighted by atomic mass is 35.5. The minimum absolute atomic E-state index is 0.120. The second kappa shape index (κ2) is 11.6. The van der Waals surface area contributed by atoms with Crippen LogP contribution in [0.1, 0.15) is 51.6 Å². The van der Waals surface area contributed by atoms with Crippen molar-refractivity contribution in [1.82, 2.24) is 15.2 Å². The largest absolute Gasteiger partial charge is 0.447 e. The van der Waals surface area contributed by atoms with Gasteiger partial charge in [-0.2, -0.15) is 13.2 Å². The van der Waals surface area contributed by atoms with Crippen molar-refractivity contribution >= 4 is 17.5 Å². The summed E-state index contributed by atoms with van der Waals surface area (Å²) in [5.41, 5.74) is 1.63. The molecule has 1 N–H and O–H groups in total. The molecule has 0 radical (unpaired) electrons. The van der Waals surface area contributed by atoms with Crippen LogP contribution in [-0.2, 0) is 25.8 Å². The fraction of sp³-hybridized carbons (Fsp3) is 0.214. The van der Waals surface area contributed by atoms with Crippen molar-refractivity contribution in [2.75, 3.05) is 0 Å². The zero-order chi connectivity index (χ0) is 26.4. The van der Waals surface area contributed by atoms with Crippen LogP contribution in [0.5, 0.6) is 0 Å². The Bertz CT molecular complexity index is 1340. The van der Waals surface area contributed by atoms with Crippen molar-refractivity contribution in [3.63, 3.8) is 0 Å². The van der Waals surface area contributed by atoms with E-state index >= 15 is 0 Å². The van der Waals surface area contributed by atoms with Crippen LogP contribution in [0.2, 0.25) is 5.02 Å². The van der Waals surface area contributed by atoms with Crippen LogP contribution < -0.4 is 5.32 Å². The van der Waals surface area contributed by atoms with Gasteiger partial charge in [0, 0.05) is 18.1 Å². The molecule has 4 rings (SSSR count). The molecule has 1 unspecified atom stereocenters. The van der Waals surface area contributed by atoms with E-state index in [0.717, 1.165) is 23.3 Å². The molecule has 0 aliphatic rings. The minimum atomic E-state index is -4.44. The number of carbonyl (C=O) groups excluding carboxylic acids is 1. The normalized spacial score (nSPS) is 12.5. The van der Waals surface area contributed by atoms with Crippen LogP contribution in [0, 0.1) is 0 Å². The smallest absolute Gasteiger partial charge is 0.416 e. The number of alkyl halides is 3. The number of halogens is 4. The lowest BCUT2D eigenvalue weighted by Gasteiger charge is -2.22. The highest BCUT2D eigenvalue weighted by Gasteiger charge is 2.30. The van der Waals surface area contributed by atoms with Crippen molar-refractivity contribution in [3.8, 4) is 0 Å². The van der Waals surface area contributed by atoms with Crippen molar-refractivity contribution < 1.29 is 22.4 Å². The molecule has 9 heteroatoms. The van der Waals surface area contributed by atoms with Gasteiger partial charge < -0.3 is 9.73 Å². The van der Waals surface area contributed by atoms with Crippen LogP contribution >= 0.6 is 11.6 Å². The Morgan fingerprint density at radius 2 is 1.73 bits per heavy atom. The summed E-state index contributed by atoms with van der Waals surface area (Å²) < 4.78 is 45.3. The third-order valence-electron chi connectivity index (χ3n) is 5.80. The summed E-state index contributed by atoms with van der Waals surface area (Å²) in [6.07, 6.45) is -3.16. The van der Waals surface area contributed by atoms with Gasteiger partial charge in [-0.15, -0.1) is 0 Å². The van der Waals surface area contributed by atoms with E-state index in [9.17, 15) is 18.0 Å². The summed E-state index contributed by atoms with van der Waals surface area (Å²) in [4.78, 5) is 18.9. The number of hydrogen-bond donors (Lipinski definition) is 1. The lowest BCUT2D eigenvalue weighted by Crippen LogP contribution is -2.27.